The summed E-state index contributed by atoms with van der Waals surface area (Å²) in [5, 5.41) is 0. The number of hydrogen-bond acceptors (Lipinski definition) is 5. The van der Waals surface area contributed by atoms with Crippen LogP contribution in [0, 0.1) is 0 Å². The number of aromatic nitrogens is 3. The topological polar surface area (TPSA) is 71.3 Å². The minimum Gasteiger partial charge on any atom is -0.279 e. The predicted octanol–water partition coefficient (Wildman–Crippen LogP) is 4.26. The zero-order valence-corrected chi connectivity index (χ0v) is 16.6. The molecule has 4 heterocycles. The predicted molar refractivity (Wildman–Crippen MR) is 117 cm³/mol. The third-order valence-electron chi connectivity index (χ3n) is 5.18. The summed E-state index contributed by atoms with van der Waals surface area (Å²) in [5.74, 6) is 0.361. The van der Waals surface area contributed by atoms with Crippen LogP contribution in [0.3, 0.4) is 0 Å². The molecule has 4 aromatic rings. The van der Waals surface area contributed by atoms with E-state index in [1.165, 1.54) is 0 Å². The van der Waals surface area contributed by atoms with Crippen LogP contribution in [0.5, 0.6) is 0 Å². The van der Waals surface area contributed by atoms with Gasteiger partial charge < -0.3 is 0 Å². The van der Waals surface area contributed by atoms with Crippen molar-refractivity contribution < 1.29 is 4.79 Å². The molecular weight excluding hydrogens is 386 g/mol. The number of carbonyl (C=O) groups excluding carboxylic acids is 1. The molecule has 6 heteroatoms. The van der Waals surface area contributed by atoms with E-state index in [0.29, 0.717) is 17.1 Å². The number of benzene rings is 1. The van der Waals surface area contributed by atoms with Crippen LogP contribution in [0.2, 0.25) is 0 Å². The van der Waals surface area contributed by atoms with E-state index >= 15 is 0 Å². The summed E-state index contributed by atoms with van der Waals surface area (Å²) in [4.78, 5) is 34.0. The summed E-state index contributed by atoms with van der Waals surface area (Å²) < 4.78 is 0. The number of rotatable bonds is 4. The normalized spacial score (nSPS) is 17.9. The van der Waals surface area contributed by atoms with E-state index in [-0.39, 0.29) is 5.91 Å². The van der Waals surface area contributed by atoms with Crippen molar-refractivity contribution in [2.45, 2.75) is 12.1 Å². The van der Waals surface area contributed by atoms with Gasteiger partial charge >= 0.3 is 0 Å². The standard InChI is InChI=1S/C25H19N5O/c31-25(18-10-2-1-3-11-18)30-23(20-13-5-8-16-27-20)22(19-12-4-7-15-26-19)29-24(30)21-14-6-9-17-28-21/h1-17,22-23H/t22-,23+/m0/s1. The smallest absolute Gasteiger partial charge is 0.260 e. The van der Waals surface area contributed by atoms with Gasteiger partial charge in [0.2, 0.25) is 0 Å². The maximum Gasteiger partial charge on any atom is 0.260 e. The van der Waals surface area contributed by atoms with Crippen molar-refractivity contribution in [1.29, 1.82) is 0 Å². The fourth-order valence-electron chi connectivity index (χ4n) is 3.79. The molecule has 0 N–H and O–H groups in total. The molecule has 5 rings (SSSR count). The monoisotopic (exact) mass is 405 g/mol. The van der Waals surface area contributed by atoms with E-state index in [9.17, 15) is 4.79 Å². The molecule has 0 unspecified atom stereocenters. The minimum atomic E-state index is -0.444. The first kappa shape index (κ1) is 18.8. The largest absolute Gasteiger partial charge is 0.279 e. The van der Waals surface area contributed by atoms with E-state index in [1.807, 2.05) is 84.9 Å². The Morgan fingerprint density at radius 3 is 1.90 bits per heavy atom. The van der Waals surface area contributed by atoms with E-state index in [0.717, 1.165) is 11.4 Å². The molecule has 0 saturated heterocycles. The third kappa shape index (κ3) is 3.59. The van der Waals surface area contributed by atoms with Gasteiger partial charge in [0.1, 0.15) is 17.8 Å². The van der Waals surface area contributed by atoms with Gasteiger partial charge in [0.05, 0.1) is 11.4 Å². The number of hydrogen-bond donors (Lipinski definition) is 0. The summed E-state index contributed by atoms with van der Waals surface area (Å²) in [6, 6.07) is 25.4. The highest BCUT2D eigenvalue weighted by molar-refractivity contribution is 6.13. The van der Waals surface area contributed by atoms with E-state index < -0.39 is 12.1 Å². The first-order valence-corrected chi connectivity index (χ1v) is 10.0. The molecule has 1 aliphatic heterocycles. The van der Waals surface area contributed by atoms with Crippen molar-refractivity contribution in [2.75, 3.05) is 0 Å². The molecule has 0 radical (unpaired) electrons. The highest BCUT2D eigenvalue weighted by atomic mass is 16.2. The van der Waals surface area contributed by atoms with Crippen molar-refractivity contribution >= 4 is 11.7 Å². The summed E-state index contributed by atoms with van der Waals surface area (Å²) in [6.45, 7) is 0. The Hall–Kier alpha value is -4.19. The van der Waals surface area contributed by atoms with Crippen molar-refractivity contribution in [2.24, 2.45) is 4.99 Å². The third-order valence-corrected chi connectivity index (χ3v) is 5.18. The maximum absolute atomic E-state index is 13.8. The fourth-order valence-corrected chi connectivity index (χ4v) is 3.79. The molecule has 1 aliphatic rings. The molecular formula is C25H19N5O. The van der Waals surface area contributed by atoms with Gasteiger partial charge in [-0.3, -0.25) is 29.6 Å². The SMILES string of the molecule is O=C(c1ccccc1)N1C(c2ccccn2)=N[C@@H](c2ccccn2)[C@H]1c1ccccn1. The zero-order valence-electron chi connectivity index (χ0n) is 16.6. The average molecular weight is 405 g/mol. The minimum absolute atomic E-state index is 0.154. The fraction of sp³-hybridized carbons (Fsp3) is 0.0800. The summed E-state index contributed by atoms with van der Waals surface area (Å²) in [7, 11) is 0. The van der Waals surface area contributed by atoms with Crippen LogP contribution in [-0.2, 0) is 0 Å². The first-order valence-electron chi connectivity index (χ1n) is 10.0. The summed E-state index contributed by atoms with van der Waals surface area (Å²) in [5.41, 5.74) is 2.73. The van der Waals surface area contributed by atoms with Crippen LogP contribution in [0.1, 0.15) is 39.5 Å². The lowest BCUT2D eigenvalue weighted by Crippen LogP contribution is -2.38. The molecule has 0 aliphatic carbocycles. The number of aliphatic imine (C=N–C) groups is 1. The molecule has 3 aromatic heterocycles. The lowest BCUT2D eigenvalue weighted by atomic mass is 9.99. The van der Waals surface area contributed by atoms with Crippen LogP contribution >= 0.6 is 0 Å². The molecule has 0 spiro atoms. The van der Waals surface area contributed by atoms with Crippen LogP contribution in [-0.4, -0.2) is 31.6 Å². The van der Waals surface area contributed by atoms with Gasteiger partial charge in [-0.1, -0.05) is 36.4 Å². The van der Waals surface area contributed by atoms with Gasteiger partial charge in [-0.15, -0.1) is 0 Å². The molecule has 0 saturated carbocycles. The lowest BCUT2D eigenvalue weighted by molar-refractivity contribution is 0.0801. The van der Waals surface area contributed by atoms with Crippen molar-refractivity contribution in [3.8, 4) is 0 Å². The van der Waals surface area contributed by atoms with Gasteiger partial charge in [0.15, 0.2) is 5.84 Å². The summed E-state index contributed by atoms with van der Waals surface area (Å²) >= 11 is 0. The van der Waals surface area contributed by atoms with E-state index in [1.54, 1.807) is 23.5 Å². The zero-order chi connectivity index (χ0) is 21.0. The van der Waals surface area contributed by atoms with Crippen molar-refractivity contribution in [1.82, 2.24) is 19.9 Å². The van der Waals surface area contributed by atoms with Crippen LogP contribution in [0.4, 0.5) is 0 Å². The number of pyridine rings is 3. The Labute approximate surface area is 180 Å². The molecule has 1 aromatic carbocycles. The van der Waals surface area contributed by atoms with Crippen molar-refractivity contribution in [3.05, 3.63) is 126 Å². The van der Waals surface area contributed by atoms with Crippen molar-refractivity contribution in [3.63, 3.8) is 0 Å². The molecule has 0 fully saturated rings. The molecule has 31 heavy (non-hydrogen) atoms. The van der Waals surface area contributed by atoms with Gasteiger partial charge in [-0.25, -0.2) is 0 Å². The maximum atomic E-state index is 13.8. The number of amides is 1. The molecule has 2 atom stereocenters. The number of carbonyl (C=O) groups is 1. The first-order chi connectivity index (χ1) is 15.3. The second-order valence-corrected chi connectivity index (χ2v) is 7.11. The second-order valence-electron chi connectivity index (χ2n) is 7.11. The van der Waals surface area contributed by atoms with Crippen LogP contribution in [0.25, 0.3) is 0 Å². The van der Waals surface area contributed by atoms with Crippen LogP contribution < -0.4 is 0 Å². The molecule has 150 valence electrons. The Morgan fingerprint density at radius 2 is 1.29 bits per heavy atom. The van der Waals surface area contributed by atoms with Gasteiger partial charge in [-0.05, 0) is 48.5 Å². The molecule has 0 bridgehead atoms. The van der Waals surface area contributed by atoms with E-state index in [2.05, 4.69) is 15.0 Å². The second kappa shape index (κ2) is 8.28. The van der Waals surface area contributed by atoms with Crippen LogP contribution in [0.15, 0.2) is 109 Å². The average Bonchev–Trinajstić information content (AvgIpc) is 3.26. The van der Waals surface area contributed by atoms with Gasteiger partial charge in [0, 0.05) is 24.2 Å². The van der Waals surface area contributed by atoms with Gasteiger partial charge in [0.25, 0.3) is 5.91 Å². The van der Waals surface area contributed by atoms with Gasteiger partial charge in [-0.2, -0.15) is 0 Å². The Morgan fingerprint density at radius 1 is 0.677 bits per heavy atom. The van der Waals surface area contributed by atoms with E-state index in [4.69, 9.17) is 4.99 Å². The highest BCUT2D eigenvalue weighted by Gasteiger charge is 2.44. The quantitative estimate of drug-likeness (QED) is 0.509. The molecule has 6 nitrogen and oxygen atoms in total. The Kier molecular flexibility index (Phi) is 5.02. The highest BCUT2D eigenvalue weighted by Crippen LogP contribution is 2.42. The Bertz CT molecular complexity index is 1200. The number of amidine groups is 1. The summed E-state index contributed by atoms with van der Waals surface area (Å²) in [6.07, 6.45) is 5.17. The number of nitrogens with zero attached hydrogens (tertiary/aromatic N) is 5. The lowest BCUT2D eigenvalue weighted by Gasteiger charge is -2.28. The Balaban J connectivity index is 1.70. The molecule has 1 amide bonds.